The molecule has 8 atom stereocenters. The molecule has 19 nitrogen and oxygen atoms in total. The van der Waals surface area contributed by atoms with Crippen molar-refractivity contribution in [1.29, 1.82) is 0 Å². The van der Waals surface area contributed by atoms with Crippen molar-refractivity contribution in [1.82, 2.24) is 39.0 Å². The van der Waals surface area contributed by atoms with Gasteiger partial charge in [0.05, 0.1) is 0 Å². The van der Waals surface area contributed by atoms with Crippen molar-refractivity contribution in [3.05, 3.63) is 29.3 Å². The van der Waals surface area contributed by atoms with Gasteiger partial charge in [-0.05, 0) is 0 Å². The zero-order valence-corrected chi connectivity index (χ0v) is 26.2. The van der Waals surface area contributed by atoms with Crippen LogP contribution in [0.5, 0.6) is 0 Å². The molecular formula is C20H26F2N10O9P2S2. The zero-order valence-electron chi connectivity index (χ0n) is 22.5. The number of nitrogens with one attached hydrogen (secondary N) is 1. The number of anilines is 2. The second-order valence-corrected chi connectivity index (χ2v) is 16.9. The molecule has 3 aliphatic heterocycles. The Morgan fingerprint density at radius 1 is 0.867 bits per heavy atom. The maximum atomic E-state index is 16.0. The zero-order chi connectivity index (χ0) is 31.8. The molecule has 45 heavy (non-hydrogen) atoms. The van der Waals surface area contributed by atoms with Crippen molar-refractivity contribution in [3.63, 3.8) is 0 Å². The number of nitrogens with zero attached hydrogens (tertiary/aromatic N) is 7. The minimum absolute atomic E-state index is 0.0548. The summed E-state index contributed by atoms with van der Waals surface area (Å²) in [6, 6.07) is 0. The third kappa shape index (κ3) is 5.63. The SMILES string of the molecule is Nc1nc2c(ncn2[C@@H]2O[C@@H]3CO[PH](O)(S)O[C@H]4[C@@H](F)[C@H](n5cnc6c(N)ncnc65)O[C@@H]4CO[PH](O)(S)O[C@@H]2[C@@H]3F)c(=O)[nH]1. The molecule has 0 saturated carbocycles. The molecular weight excluding hydrogens is 688 g/mol. The van der Waals surface area contributed by atoms with Gasteiger partial charge in [0, 0.05) is 0 Å². The van der Waals surface area contributed by atoms with E-state index >= 15 is 8.78 Å². The van der Waals surface area contributed by atoms with Gasteiger partial charge in [0.2, 0.25) is 0 Å². The van der Waals surface area contributed by atoms with E-state index in [4.69, 9.17) is 39.0 Å². The molecule has 0 radical (unpaired) electrons. The summed E-state index contributed by atoms with van der Waals surface area (Å²) in [5, 5.41) is 0. The number of halogens is 2. The normalized spacial score (nSPS) is 34.9. The van der Waals surface area contributed by atoms with Crippen molar-refractivity contribution in [2.24, 2.45) is 0 Å². The summed E-state index contributed by atoms with van der Waals surface area (Å²) in [6.07, 6.45) is -9.26. The molecule has 0 amide bonds. The molecule has 3 aliphatic rings. The second kappa shape index (κ2) is 11.4. The summed E-state index contributed by atoms with van der Waals surface area (Å²) < 4.78 is 68.4. The van der Waals surface area contributed by atoms with E-state index in [0.29, 0.717) is 0 Å². The van der Waals surface area contributed by atoms with Crippen LogP contribution in [0.15, 0.2) is 23.8 Å². The fourth-order valence-electron chi connectivity index (χ4n) is 5.36. The standard InChI is InChI=1S/C20H26F2N10O9P2S2/c21-8-6-1-36-42(34,44)40-12-7(39-18(9(12)22)31-4-27-10-14(23)25-3-26-15(10)31)2-37-43(35,45)41-13(8)19(38-6)32-5-28-11-16(32)29-20(24)30-17(11)33/h3-9,12-13,18-19,34-35,42-45H,1-2H2,(H2,23,25,26)(H3,24,29,30,33)/t6-,7-,8-,9-,12-,13-,18-,19-/m1/s1. The molecule has 0 aromatic carbocycles. The Balaban J connectivity index is 1.20. The maximum absolute atomic E-state index is 16.0. The number of hydrogen-bond acceptors (Lipinski definition) is 18. The van der Waals surface area contributed by atoms with Crippen molar-refractivity contribution < 1.29 is 46.1 Å². The molecule has 3 saturated heterocycles. The van der Waals surface area contributed by atoms with Crippen molar-refractivity contribution in [2.45, 2.75) is 49.2 Å². The monoisotopic (exact) mass is 714 g/mol. The summed E-state index contributed by atoms with van der Waals surface area (Å²) in [7, 11) is -9.12. The first-order valence-corrected chi connectivity index (χ1v) is 19.2. The Hall–Kier alpha value is -2.40. The topological polar surface area (TPSA) is 255 Å². The summed E-state index contributed by atoms with van der Waals surface area (Å²) in [6.45, 7) is -1.25. The van der Waals surface area contributed by atoms with E-state index in [1.54, 1.807) is 0 Å². The Morgan fingerprint density at radius 3 is 2.22 bits per heavy atom. The number of rotatable bonds is 2. The molecule has 4 aromatic rings. The number of hydrogen-bond donors (Lipinski definition) is 7. The Bertz CT molecular complexity index is 1820. The van der Waals surface area contributed by atoms with Crippen LogP contribution in [-0.4, -0.2) is 98.8 Å². The molecule has 7 rings (SSSR count). The van der Waals surface area contributed by atoms with Crippen LogP contribution < -0.4 is 17.0 Å². The van der Waals surface area contributed by atoms with Crippen LogP contribution in [0.3, 0.4) is 0 Å². The van der Waals surface area contributed by atoms with Gasteiger partial charge in [0.1, 0.15) is 0 Å². The van der Waals surface area contributed by atoms with Gasteiger partial charge in [-0.25, -0.2) is 0 Å². The molecule has 0 aliphatic carbocycles. The fraction of sp³-hybridized carbons (Fsp3) is 0.500. The number of imidazole rings is 2. The Labute approximate surface area is 261 Å². The molecule has 4 aromatic heterocycles. The molecule has 7 heterocycles. The number of fused-ring (bicyclic) bond motifs is 5. The van der Waals surface area contributed by atoms with Crippen LogP contribution in [0.25, 0.3) is 22.3 Å². The van der Waals surface area contributed by atoms with Crippen molar-refractivity contribution in [3.8, 4) is 0 Å². The van der Waals surface area contributed by atoms with E-state index < -0.39 is 82.3 Å². The van der Waals surface area contributed by atoms with Crippen LogP contribution in [0.2, 0.25) is 0 Å². The van der Waals surface area contributed by atoms with Gasteiger partial charge in [-0.2, -0.15) is 0 Å². The number of alkyl halides is 2. The first-order valence-electron chi connectivity index (χ1n) is 13.1. The Kier molecular flexibility index (Phi) is 7.90. The predicted molar refractivity (Wildman–Crippen MR) is 161 cm³/mol. The second-order valence-electron chi connectivity index (χ2n) is 10.3. The van der Waals surface area contributed by atoms with Crippen LogP contribution in [-0.2, 0) is 27.6 Å². The van der Waals surface area contributed by atoms with Gasteiger partial charge < -0.3 is 0 Å². The number of nitrogens with two attached hydrogens (primary N) is 2. The molecule has 2 bridgehead atoms. The summed E-state index contributed by atoms with van der Waals surface area (Å²) in [4.78, 5) is 56.8. The number of nitrogen functional groups attached to an aromatic ring is 2. The average Bonchev–Trinajstić information content (AvgIpc) is 3.72. The van der Waals surface area contributed by atoms with Crippen LogP contribution in [0.1, 0.15) is 12.5 Å². The van der Waals surface area contributed by atoms with Gasteiger partial charge in [-0.15, -0.1) is 0 Å². The van der Waals surface area contributed by atoms with Crippen molar-refractivity contribution >= 4 is 72.9 Å². The van der Waals surface area contributed by atoms with Gasteiger partial charge in [0.15, 0.2) is 0 Å². The summed E-state index contributed by atoms with van der Waals surface area (Å²) >= 11 is 8.24. The molecule has 7 N–H and O–H groups in total. The first-order chi connectivity index (χ1) is 21.3. The third-order valence-corrected chi connectivity index (χ3v) is 11.0. The van der Waals surface area contributed by atoms with Crippen LogP contribution in [0.4, 0.5) is 20.5 Å². The Morgan fingerprint density at radius 2 is 1.49 bits per heavy atom. The van der Waals surface area contributed by atoms with Crippen LogP contribution in [0, 0.1) is 0 Å². The average molecular weight is 715 g/mol. The van der Waals surface area contributed by atoms with E-state index in [0.717, 1.165) is 6.33 Å². The molecule has 25 heteroatoms. The van der Waals surface area contributed by atoms with Gasteiger partial charge in [0.25, 0.3) is 0 Å². The predicted octanol–water partition coefficient (Wildman–Crippen LogP) is 0.0761. The number of ether oxygens (including phenoxy) is 2. The van der Waals surface area contributed by atoms with E-state index in [-0.39, 0.29) is 34.1 Å². The quantitative estimate of drug-likeness (QED) is 0.107. The number of aromatic nitrogens is 8. The number of thiol groups is 2. The third-order valence-electron chi connectivity index (χ3n) is 7.37. The van der Waals surface area contributed by atoms with Crippen molar-refractivity contribution in [2.75, 3.05) is 24.7 Å². The van der Waals surface area contributed by atoms with Gasteiger partial charge in [-0.3, -0.25) is 0 Å². The molecule has 0 spiro atoms. The first kappa shape index (κ1) is 31.2. The van der Waals surface area contributed by atoms with E-state index in [9.17, 15) is 14.6 Å². The van der Waals surface area contributed by atoms with E-state index in [2.05, 4.69) is 54.4 Å². The van der Waals surface area contributed by atoms with E-state index in [1.165, 1.54) is 21.8 Å². The van der Waals surface area contributed by atoms with Gasteiger partial charge in [-0.1, -0.05) is 0 Å². The summed E-state index contributed by atoms with van der Waals surface area (Å²) in [5.41, 5.74) is 11.0. The number of aromatic amines is 1. The summed E-state index contributed by atoms with van der Waals surface area (Å²) in [5.74, 6) is -0.190. The van der Waals surface area contributed by atoms with Crippen LogP contribution >= 0.6 is 38.8 Å². The number of H-pyrrole nitrogens is 1. The van der Waals surface area contributed by atoms with Gasteiger partial charge >= 0.3 is 261 Å². The minimum atomic E-state index is -4.58. The van der Waals surface area contributed by atoms with E-state index in [1.807, 2.05) is 0 Å². The molecule has 3 fully saturated rings. The molecule has 0 unspecified atom stereocenters. The molecule has 246 valence electrons. The fourth-order valence-corrected chi connectivity index (χ4v) is 8.67.